The Kier molecular flexibility index (Phi) is 5.70. The Hall–Kier alpha value is -4.04. The fourth-order valence-electron chi connectivity index (χ4n) is 6.53. The molecular formula is C36H32BN. The number of hydrogen-bond donors (Lipinski definition) is 1. The van der Waals surface area contributed by atoms with Crippen LogP contribution in [-0.2, 0) is 6.42 Å². The van der Waals surface area contributed by atoms with E-state index in [2.05, 4.69) is 116 Å². The quantitative estimate of drug-likeness (QED) is 0.186. The second-order valence-corrected chi connectivity index (χ2v) is 10.8. The predicted molar refractivity (Wildman–Crippen MR) is 166 cm³/mol. The second-order valence-electron chi connectivity index (χ2n) is 10.8. The molecule has 0 aliphatic carbocycles. The van der Waals surface area contributed by atoms with Crippen LogP contribution in [0.1, 0.15) is 37.3 Å². The summed E-state index contributed by atoms with van der Waals surface area (Å²) in [7, 11) is 0.935. The molecule has 5 aromatic carbocycles. The van der Waals surface area contributed by atoms with Crippen molar-refractivity contribution in [1.82, 2.24) is 4.98 Å². The van der Waals surface area contributed by atoms with E-state index < -0.39 is 0 Å². The number of aryl methyl sites for hydroxylation is 1. The molecule has 0 saturated carbocycles. The van der Waals surface area contributed by atoms with Gasteiger partial charge in [0.15, 0.2) is 7.28 Å². The smallest absolute Gasteiger partial charge is 0.194 e. The molecule has 1 N–H and O–H groups in total. The van der Waals surface area contributed by atoms with Gasteiger partial charge in [0.25, 0.3) is 0 Å². The molecule has 2 heterocycles. The Labute approximate surface area is 225 Å². The first kappa shape index (κ1) is 23.1. The van der Waals surface area contributed by atoms with Crippen LogP contribution in [-0.4, -0.2) is 12.3 Å². The minimum Gasteiger partial charge on any atom is -0.354 e. The molecule has 1 aromatic heterocycles. The van der Waals surface area contributed by atoms with Gasteiger partial charge in [-0.25, -0.2) is 0 Å². The van der Waals surface area contributed by atoms with Crippen LogP contribution < -0.4 is 10.9 Å². The molecule has 1 aliphatic rings. The molecular weight excluding hydrogens is 457 g/mol. The van der Waals surface area contributed by atoms with Crippen LogP contribution in [0.4, 0.5) is 0 Å². The summed E-state index contributed by atoms with van der Waals surface area (Å²) >= 11 is 0. The Morgan fingerprint density at radius 3 is 2.13 bits per heavy atom. The van der Waals surface area contributed by atoms with Crippen LogP contribution >= 0.6 is 0 Å². The third-order valence-corrected chi connectivity index (χ3v) is 8.53. The number of H-pyrrole nitrogens is 1. The van der Waals surface area contributed by atoms with Crippen molar-refractivity contribution < 1.29 is 0 Å². The largest absolute Gasteiger partial charge is 0.354 e. The lowest BCUT2D eigenvalue weighted by molar-refractivity contribution is 0.718. The Balaban J connectivity index is 1.55. The molecule has 0 unspecified atom stereocenters. The van der Waals surface area contributed by atoms with Crippen LogP contribution in [0.3, 0.4) is 0 Å². The predicted octanol–water partition coefficient (Wildman–Crippen LogP) is 8.06. The van der Waals surface area contributed by atoms with E-state index in [0.717, 1.165) is 13.7 Å². The summed E-state index contributed by atoms with van der Waals surface area (Å²) in [5.74, 6) is 0. The Morgan fingerprint density at radius 1 is 0.632 bits per heavy atom. The van der Waals surface area contributed by atoms with Gasteiger partial charge in [0, 0.05) is 21.9 Å². The highest BCUT2D eigenvalue weighted by atomic mass is 14.7. The number of aromatic nitrogens is 1. The first-order valence-corrected chi connectivity index (χ1v) is 14.1. The lowest BCUT2D eigenvalue weighted by atomic mass is 9.56. The number of para-hydroxylation sites is 2. The zero-order valence-corrected chi connectivity index (χ0v) is 22.3. The summed E-state index contributed by atoms with van der Waals surface area (Å²) in [4.78, 5) is 3.79. The maximum absolute atomic E-state index is 3.79. The number of rotatable bonds is 5. The highest BCUT2D eigenvalue weighted by Gasteiger charge is 2.23. The zero-order valence-electron chi connectivity index (χ0n) is 22.3. The van der Waals surface area contributed by atoms with Crippen LogP contribution in [0.2, 0.25) is 0 Å². The number of hydrogen-bond acceptors (Lipinski definition) is 0. The Morgan fingerprint density at radius 2 is 1.29 bits per heavy atom. The molecule has 0 amide bonds. The molecule has 2 bridgehead atoms. The molecule has 2 heteroatoms. The number of nitrogens with one attached hydrogen (secondary N) is 1. The van der Waals surface area contributed by atoms with Gasteiger partial charge in [-0.2, -0.15) is 0 Å². The summed E-state index contributed by atoms with van der Waals surface area (Å²) < 4.78 is 0. The lowest BCUT2D eigenvalue weighted by Gasteiger charge is -2.24. The average Bonchev–Trinajstić information content (AvgIpc) is 3.34. The minimum absolute atomic E-state index is 0.935. The Bertz CT molecular complexity index is 1820. The van der Waals surface area contributed by atoms with Crippen molar-refractivity contribution in [1.29, 1.82) is 0 Å². The van der Waals surface area contributed by atoms with Crippen molar-refractivity contribution in [2.24, 2.45) is 0 Å². The first-order valence-electron chi connectivity index (χ1n) is 14.1. The van der Waals surface area contributed by atoms with Gasteiger partial charge in [-0.05, 0) is 64.8 Å². The number of unbranched alkanes of at least 4 members (excludes halogenated alkanes) is 2. The van der Waals surface area contributed by atoms with Crippen LogP contribution in [0.25, 0.3) is 55.2 Å². The number of aromatic amines is 1. The summed E-state index contributed by atoms with van der Waals surface area (Å²) in [5.41, 5.74) is 16.2. The van der Waals surface area contributed by atoms with E-state index >= 15 is 0 Å². The maximum Gasteiger partial charge on any atom is 0.194 e. The number of fused-ring (bicyclic) bond motifs is 9. The van der Waals surface area contributed by atoms with E-state index in [9.17, 15) is 0 Å². The van der Waals surface area contributed by atoms with E-state index in [1.807, 2.05) is 0 Å². The molecule has 38 heavy (non-hydrogen) atoms. The highest BCUT2D eigenvalue weighted by Crippen LogP contribution is 2.38. The molecule has 184 valence electrons. The van der Waals surface area contributed by atoms with E-state index in [0.29, 0.717) is 0 Å². The van der Waals surface area contributed by atoms with E-state index in [-0.39, 0.29) is 0 Å². The van der Waals surface area contributed by atoms with Crippen molar-refractivity contribution in [3.8, 4) is 33.4 Å². The molecule has 7 rings (SSSR count). The van der Waals surface area contributed by atoms with Gasteiger partial charge in [-0.1, -0.05) is 122 Å². The van der Waals surface area contributed by atoms with Crippen molar-refractivity contribution in [3.05, 3.63) is 108 Å². The average molecular weight is 489 g/mol. The van der Waals surface area contributed by atoms with Crippen LogP contribution in [0, 0.1) is 6.92 Å². The molecule has 0 saturated heterocycles. The molecule has 0 fully saturated rings. The first-order chi connectivity index (χ1) is 18.7. The molecule has 0 radical (unpaired) electrons. The van der Waals surface area contributed by atoms with Gasteiger partial charge in [-0.15, -0.1) is 0 Å². The zero-order chi connectivity index (χ0) is 25.6. The SMILES string of the molecule is CCCCCc1cc2c(c(-c3cccc4c3[nH]c3ccccc34)c1)Bc1cccc(c1C)-c1ccccc1-2. The van der Waals surface area contributed by atoms with Gasteiger partial charge >= 0.3 is 0 Å². The maximum atomic E-state index is 3.79. The van der Waals surface area contributed by atoms with E-state index in [1.165, 1.54) is 96.5 Å². The molecule has 6 aromatic rings. The summed E-state index contributed by atoms with van der Waals surface area (Å²) in [5, 5.41) is 2.59. The topological polar surface area (TPSA) is 15.8 Å². The fraction of sp³-hybridized carbons (Fsp3) is 0.167. The van der Waals surface area contributed by atoms with Crippen molar-refractivity contribution >= 4 is 40.0 Å². The van der Waals surface area contributed by atoms with Crippen molar-refractivity contribution in [2.75, 3.05) is 0 Å². The van der Waals surface area contributed by atoms with Gasteiger partial charge < -0.3 is 4.98 Å². The summed E-state index contributed by atoms with van der Waals surface area (Å²) in [6.07, 6.45) is 4.85. The third kappa shape index (κ3) is 3.70. The van der Waals surface area contributed by atoms with Gasteiger partial charge in [-0.3, -0.25) is 0 Å². The third-order valence-electron chi connectivity index (χ3n) is 8.53. The monoisotopic (exact) mass is 489 g/mol. The normalized spacial score (nSPS) is 12.1. The van der Waals surface area contributed by atoms with Crippen molar-refractivity contribution in [2.45, 2.75) is 39.5 Å². The fourth-order valence-corrected chi connectivity index (χ4v) is 6.53. The summed E-state index contributed by atoms with van der Waals surface area (Å²) in [6.45, 7) is 4.58. The molecule has 0 atom stereocenters. The van der Waals surface area contributed by atoms with E-state index in [4.69, 9.17) is 0 Å². The van der Waals surface area contributed by atoms with Gasteiger partial charge in [0.1, 0.15) is 0 Å². The van der Waals surface area contributed by atoms with E-state index in [1.54, 1.807) is 0 Å². The minimum atomic E-state index is 0.935. The van der Waals surface area contributed by atoms with Gasteiger partial charge in [0.2, 0.25) is 0 Å². The van der Waals surface area contributed by atoms with Crippen LogP contribution in [0.15, 0.2) is 97.1 Å². The van der Waals surface area contributed by atoms with Crippen LogP contribution in [0.5, 0.6) is 0 Å². The number of benzene rings is 5. The molecule has 0 spiro atoms. The molecule has 1 nitrogen and oxygen atoms in total. The van der Waals surface area contributed by atoms with Gasteiger partial charge in [0.05, 0.1) is 5.52 Å². The lowest BCUT2D eigenvalue weighted by Crippen LogP contribution is -2.33. The standard InChI is InChI=1S/C36H32BN/c1-3-4-5-12-24-21-31-27-14-7-6-13-26(27)25-16-11-19-33(23(25)2)37-35(31)32(22-24)30-18-10-17-29-28-15-8-9-20-34(28)38-36(29)30/h6-11,13-22,37-38H,3-5,12H2,1-2H3. The highest BCUT2D eigenvalue weighted by molar-refractivity contribution is 6.71. The second kappa shape index (κ2) is 9.37. The van der Waals surface area contributed by atoms with Crippen molar-refractivity contribution in [3.63, 3.8) is 0 Å². The molecule has 1 aliphatic heterocycles. The summed E-state index contributed by atoms with van der Waals surface area (Å²) in [6, 6.07) is 36.3.